The van der Waals surface area contributed by atoms with Crippen molar-refractivity contribution in [1.82, 2.24) is 0 Å². The van der Waals surface area contributed by atoms with Gasteiger partial charge < -0.3 is 0 Å². The second-order valence-corrected chi connectivity index (χ2v) is 9.24. The lowest BCUT2D eigenvalue weighted by atomic mass is 9.62. The molecule has 0 fully saturated rings. The normalized spacial score (nSPS) is 22.2. The van der Waals surface area contributed by atoms with Gasteiger partial charge in [-0.1, -0.05) is 66.7 Å². The smallest absolute Gasteiger partial charge is 0.0633 e. The molecule has 0 spiro atoms. The van der Waals surface area contributed by atoms with Gasteiger partial charge in [0, 0.05) is 0 Å². The lowest BCUT2D eigenvalue weighted by Crippen LogP contribution is -2.34. The molecule has 1 aromatic carbocycles. The third kappa shape index (κ3) is 2.77. The van der Waals surface area contributed by atoms with E-state index in [1.165, 1.54) is 29.5 Å². The summed E-state index contributed by atoms with van der Waals surface area (Å²) in [5, 5.41) is 0.0636. The van der Waals surface area contributed by atoms with Gasteiger partial charge in [0.2, 0.25) is 0 Å². The number of benzene rings is 1. The Morgan fingerprint density at radius 1 is 0.950 bits per heavy atom. The molecule has 0 amide bonds. The molecule has 20 heavy (non-hydrogen) atoms. The van der Waals surface area contributed by atoms with Crippen molar-refractivity contribution >= 4 is 11.6 Å². The summed E-state index contributed by atoms with van der Waals surface area (Å²) in [4.78, 5) is 0. The largest absolute Gasteiger partial charge is 0.117 e. The molecule has 0 heterocycles. The molecular weight excluding hydrogens is 264 g/mol. The van der Waals surface area contributed by atoms with E-state index in [1.54, 1.807) is 0 Å². The van der Waals surface area contributed by atoms with Crippen molar-refractivity contribution in [2.24, 2.45) is 5.41 Å². The first-order chi connectivity index (χ1) is 8.95. The Morgan fingerprint density at radius 3 is 1.95 bits per heavy atom. The van der Waals surface area contributed by atoms with Crippen molar-refractivity contribution < 1.29 is 0 Å². The predicted molar refractivity (Wildman–Crippen MR) is 89.8 cm³/mol. The predicted octanol–water partition coefficient (Wildman–Crippen LogP) is 6.36. The van der Waals surface area contributed by atoms with E-state index < -0.39 is 0 Å². The standard InChI is InChI=1S/C19H29Cl/c1-17(2,3)16(20)13-8-9-14-15(12-13)19(6,7)11-10-18(14,4)5/h8-9,12,16H,10-11H2,1-7H3. The molecule has 112 valence electrons. The van der Waals surface area contributed by atoms with Crippen molar-refractivity contribution in [3.63, 3.8) is 0 Å². The minimum Gasteiger partial charge on any atom is -0.117 e. The van der Waals surface area contributed by atoms with E-state index in [4.69, 9.17) is 11.6 Å². The monoisotopic (exact) mass is 292 g/mol. The highest BCUT2D eigenvalue weighted by Crippen LogP contribution is 2.48. The molecule has 0 N–H and O–H groups in total. The molecular formula is C19H29Cl. The average molecular weight is 293 g/mol. The fraction of sp³-hybridized carbons (Fsp3) is 0.684. The fourth-order valence-electron chi connectivity index (χ4n) is 3.26. The maximum absolute atomic E-state index is 6.69. The van der Waals surface area contributed by atoms with Crippen LogP contribution < -0.4 is 0 Å². The molecule has 0 saturated carbocycles. The second-order valence-electron chi connectivity index (χ2n) is 8.80. The number of hydrogen-bond acceptors (Lipinski definition) is 0. The molecule has 0 nitrogen and oxygen atoms in total. The van der Waals surface area contributed by atoms with Crippen LogP contribution in [0.1, 0.15) is 83.4 Å². The highest BCUT2D eigenvalue weighted by Gasteiger charge is 2.37. The number of alkyl halides is 1. The van der Waals surface area contributed by atoms with Crippen molar-refractivity contribution in [2.45, 2.75) is 77.5 Å². The molecule has 1 aliphatic rings. The summed E-state index contributed by atoms with van der Waals surface area (Å²) in [5.41, 5.74) is 4.91. The number of rotatable bonds is 1. The van der Waals surface area contributed by atoms with Crippen molar-refractivity contribution in [3.05, 3.63) is 34.9 Å². The third-order valence-corrected chi connectivity index (χ3v) is 5.84. The first kappa shape index (κ1) is 15.9. The Balaban J connectivity index is 2.54. The van der Waals surface area contributed by atoms with Gasteiger partial charge in [0.25, 0.3) is 0 Å². The van der Waals surface area contributed by atoms with Gasteiger partial charge >= 0.3 is 0 Å². The number of halogens is 1. The van der Waals surface area contributed by atoms with E-state index in [1.807, 2.05) is 0 Å². The molecule has 0 aliphatic heterocycles. The van der Waals surface area contributed by atoms with Crippen LogP contribution in [0, 0.1) is 5.41 Å². The van der Waals surface area contributed by atoms with Gasteiger partial charge in [-0.3, -0.25) is 0 Å². The maximum Gasteiger partial charge on any atom is 0.0633 e. The summed E-state index contributed by atoms with van der Waals surface area (Å²) in [6.45, 7) is 16.1. The summed E-state index contributed by atoms with van der Waals surface area (Å²) in [6, 6.07) is 6.94. The van der Waals surface area contributed by atoms with Crippen LogP contribution in [0.5, 0.6) is 0 Å². The van der Waals surface area contributed by atoms with Crippen molar-refractivity contribution in [2.75, 3.05) is 0 Å². The van der Waals surface area contributed by atoms with Crippen molar-refractivity contribution in [1.29, 1.82) is 0 Å². The lowest BCUT2D eigenvalue weighted by Gasteiger charge is -2.42. The molecule has 1 aromatic rings. The van der Waals surface area contributed by atoms with Crippen LogP contribution in [-0.4, -0.2) is 0 Å². The van der Waals surface area contributed by atoms with Gasteiger partial charge in [0.15, 0.2) is 0 Å². The molecule has 2 rings (SSSR count). The van der Waals surface area contributed by atoms with Crippen LogP contribution in [0.25, 0.3) is 0 Å². The molecule has 1 atom stereocenters. The van der Waals surface area contributed by atoms with Gasteiger partial charge in [0.05, 0.1) is 5.38 Å². The van der Waals surface area contributed by atoms with Crippen LogP contribution in [0.4, 0.5) is 0 Å². The minimum absolute atomic E-state index is 0.0636. The molecule has 1 unspecified atom stereocenters. The van der Waals surface area contributed by atoms with E-state index in [2.05, 4.69) is 66.7 Å². The number of fused-ring (bicyclic) bond motifs is 1. The minimum atomic E-state index is 0.0636. The van der Waals surface area contributed by atoms with E-state index in [9.17, 15) is 0 Å². The Hall–Kier alpha value is -0.490. The molecule has 0 aromatic heterocycles. The van der Waals surface area contributed by atoms with Gasteiger partial charge in [-0.2, -0.15) is 0 Å². The Morgan fingerprint density at radius 2 is 1.45 bits per heavy atom. The summed E-state index contributed by atoms with van der Waals surface area (Å²) < 4.78 is 0. The zero-order chi connectivity index (χ0) is 15.3. The van der Waals surface area contributed by atoms with E-state index in [0.29, 0.717) is 0 Å². The van der Waals surface area contributed by atoms with E-state index in [0.717, 1.165) is 0 Å². The SMILES string of the molecule is CC1(C)CCC(C)(C)c2cc(C(Cl)C(C)(C)C)ccc21. The van der Waals surface area contributed by atoms with Crippen LogP contribution in [0.2, 0.25) is 0 Å². The van der Waals surface area contributed by atoms with Gasteiger partial charge in [0.1, 0.15) is 0 Å². The molecule has 0 bridgehead atoms. The summed E-state index contributed by atoms with van der Waals surface area (Å²) in [7, 11) is 0. The Bertz CT molecular complexity index is 503. The third-order valence-electron chi connectivity index (χ3n) is 4.93. The van der Waals surface area contributed by atoms with Gasteiger partial charge in [-0.15, -0.1) is 11.6 Å². The quantitative estimate of drug-likeness (QED) is 0.528. The molecule has 1 heteroatoms. The highest BCUT2D eigenvalue weighted by molar-refractivity contribution is 6.21. The highest BCUT2D eigenvalue weighted by atomic mass is 35.5. The molecule has 0 radical (unpaired) electrons. The van der Waals surface area contributed by atoms with Crippen LogP contribution >= 0.6 is 11.6 Å². The Kier molecular flexibility index (Phi) is 3.79. The second kappa shape index (κ2) is 4.77. The first-order valence-electron chi connectivity index (χ1n) is 7.74. The fourth-order valence-corrected chi connectivity index (χ4v) is 3.40. The molecule has 0 saturated heterocycles. The summed E-state index contributed by atoms with van der Waals surface area (Å²) in [5.74, 6) is 0. The topological polar surface area (TPSA) is 0 Å². The average Bonchev–Trinajstić information content (AvgIpc) is 2.33. The zero-order valence-electron chi connectivity index (χ0n) is 14.1. The van der Waals surface area contributed by atoms with Gasteiger partial charge in [-0.25, -0.2) is 0 Å². The summed E-state index contributed by atoms with van der Waals surface area (Å²) >= 11 is 6.69. The van der Waals surface area contributed by atoms with Crippen LogP contribution in [0.3, 0.4) is 0 Å². The summed E-state index contributed by atoms with van der Waals surface area (Å²) in [6.07, 6.45) is 2.51. The molecule has 1 aliphatic carbocycles. The van der Waals surface area contributed by atoms with E-state index >= 15 is 0 Å². The number of hydrogen-bond donors (Lipinski definition) is 0. The zero-order valence-corrected chi connectivity index (χ0v) is 14.9. The first-order valence-corrected chi connectivity index (χ1v) is 8.18. The Labute approximate surface area is 129 Å². The van der Waals surface area contributed by atoms with Gasteiger partial charge in [-0.05, 0) is 45.8 Å². The van der Waals surface area contributed by atoms with E-state index in [-0.39, 0.29) is 21.6 Å². The van der Waals surface area contributed by atoms with Crippen LogP contribution in [0.15, 0.2) is 18.2 Å². The van der Waals surface area contributed by atoms with Crippen LogP contribution in [-0.2, 0) is 10.8 Å². The van der Waals surface area contributed by atoms with Crippen molar-refractivity contribution in [3.8, 4) is 0 Å². The lowest BCUT2D eigenvalue weighted by molar-refractivity contribution is 0.330. The maximum atomic E-state index is 6.69.